The van der Waals surface area contributed by atoms with E-state index in [1.165, 1.54) is 0 Å². The maximum atomic E-state index is 11.6. The molecule has 5 nitrogen and oxygen atoms in total. The normalized spacial score (nSPS) is 11.9. The van der Waals surface area contributed by atoms with Gasteiger partial charge in [-0.25, -0.2) is 4.79 Å². The summed E-state index contributed by atoms with van der Waals surface area (Å²) < 4.78 is 9.75. The Balaban J connectivity index is 4.14. The van der Waals surface area contributed by atoms with Gasteiger partial charge in [-0.15, -0.1) is 0 Å². The van der Waals surface area contributed by atoms with E-state index < -0.39 is 17.2 Å². The Morgan fingerprint density at radius 3 is 2.17 bits per heavy atom. The second kappa shape index (κ2) is 6.83. The molecule has 18 heavy (non-hydrogen) atoms. The van der Waals surface area contributed by atoms with Crippen LogP contribution in [0.3, 0.4) is 0 Å². The minimum atomic E-state index is -0.548. The summed E-state index contributed by atoms with van der Waals surface area (Å²) in [4.78, 5) is 22.7. The summed E-state index contributed by atoms with van der Waals surface area (Å²) in [5.41, 5.74) is -1.09. The highest BCUT2D eigenvalue weighted by atomic mass is 35.5. The van der Waals surface area contributed by atoms with Crippen LogP contribution in [0.15, 0.2) is 0 Å². The summed E-state index contributed by atoms with van der Waals surface area (Å²) in [6, 6.07) is -0.154. The molecule has 0 unspecified atom stereocenters. The highest BCUT2D eigenvalue weighted by molar-refractivity contribution is 6.17. The van der Waals surface area contributed by atoms with Crippen LogP contribution in [0.5, 0.6) is 0 Å². The molecule has 0 heterocycles. The highest BCUT2D eigenvalue weighted by Gasteiger charge is 2.25. The molecule has 106 valence electrons. The van der Waals surface area contributed by atoms with E-state index in [1.807, 2.05) is 13.8 Å². The lowest BCUT2D eigenvalue weighted by atomic mass is 9.99. The fraction of sp³-hybridized carbons (Fsp3) is 0.833. The average molecular weight is 280 g/mol. The largest absolute Gasteiger partial charge is 0.449 e. The third-order valence-corrected chi connectivity index (χ3v) is 2.12. The van der Waals surface area contributed by atoms with Gasteiger partial charge in [0.05, 0.1) is 0 Å². The van der Waals surface area contributed by atoms with Gasteiger partial charge in [-0.05, 0) is 41.0 Å². The zero-order chi connectivity index (χ0) is 14.4. The number of amides is 1. The molecular weight excluding hydrogens is 258 g/mol. The number of carbonyl (C=O) groups excluding carboxylic acids is 2. The van der Waals surface area contributed by atoms with Crippen molar-refractivity contribution in [3.8, 4) is 0 Å². The smallest absolute Gasteiger partial charge is 0.408 e. The predicted molar refractivity (Wildman–Crippen MR) is 69.5 cm³/mol. The van der Waals surface area contributed by atoms with Crippen molar-refractivity contribution in [2.45, 2.75) is 58.6 Å². The maximum Gasteiger partial charge on any atom is 0.408 e. The number of alkyl halides is 1. The van der Waals surface area contributed by atoms with Crippen LogP contribution in [0, 0.1) is 0 Å². The van der Waals surface area contributed by atoms with Gasteiger partial charge in [0.15, 0.2) is 6.07 Å². The van der Waals surface area contributed by atoms with Crippen molar-refractivity contribution in [3.05, 3.63) is 0 Å². The monoisotopic (exact) mass is 279 g/mol. The first kappa shape index (κ1) is 17.0. The van der Waals surface area contributed by atoms with E-state index in [1.54, 1.807) is 20.8 Å². The molecular formula is C12H22ClNO4. The van der Waals surface area contributed by atoms with Crippen molar-refractivity contribution in [2.24, 2.45) is 0 Å². The summed E-state index contributed by atoms with van der Waals surface area (Å²) in [7, 11) is 0. The molecule has 0 aliphatic rings. The third kappa shape index (κ3) is 9.10. The molecule has 0 aromatic carbocycles. The van der Waals surface area contributed by atoms with Gasteiger partial charge in [0.2, 0.25) is 0 Å². The van der Waals surface area contributed by atoms with Crippen LogP contribution in [0.1, 0.15) is 47.5 Å². The van der Waals surface area contributed by atoms with Crippen molar-refractivity contribution in [1.29, 1.82) is 0 Å². The summed E-state index contributed by atoms with van der Waals surface area (Å²) in [5, 5.41) is 2.71. The van der Waals surface area contributed by atoms with Gasteiger partial charge in [-0.3, -0.25) is 4.79 Å². The molecule has 0 saturated heterocycles. The van der Waals surface area contributed by atoms with Crippen LogP contribution in [-0.4, -0.2) is 29.3 Å². The number of hydrogen-bond acceptors (Lipinski definition) is 4. The summed E-state index contributed by atoms with van der Waals surface area (Å²) in [5.74, 6) is -0.385. The SMILES string of the molecule is CC(C)(CCC(=O)OCCl)NC(=O)OC(C)(C)C. The fourth-order valence-corrected chi connectivity index (χ4v) is 1.31. The number of esters is 1. The van der Waals surface area contributed by atoms with E-state index in [4.69, 9.17) is 16.3 Å². The summed E-state index contributed by atoms with van der Waals surface area (Å²) >= 11 is 5.27. The number of carbonyl (C=O) groups is 2. The van der Waals surface area contributed by atoms with Crippen molar-refractivity contribution < 1.29 is 19.1 Å². The first-order valence-electron chi connectivity index (χ1n) is 5.78. The van der Waals surface area contributed by atoms with Crippen LogP contribution < -0.4 is 5.32 Å². The minimum Gasteiger partial charge on any atom is -0.449 e. The molecule has 6 heteroatoms. The molecule has 0 aromatic heterocycles. The number of ether oxygens (including phenoxy) is 2. The van der Waals surface area contributed by atoms with Crippen LogP contribution in [0.4, 0.5) is 4.79 Å². The van der Waals surface area contributed by atoms with Crippen LogP contribution in [0.2, 0.25) is 0 Å². The molecule has 0 aromatic rings. The lowest BCUT2D eigenvalue weighted by molar-refractivity contribution is -0.142. The van der Waals surface area contributed by atoms with Crippen molar-refractivity contribution in [3.63, 3.8) is 0 Å². The zero-order valence-corrected chi connectivity index (χ0v) is 12.4. The molecule has 0 fully saturated rings. The lowest BCUT2D eigenvalue weighted by Crippen LogP contribution is -2.46. The van der Waals surface area contributed by atoms with E-state index >= 15 is 0 Å². The van der Waals surface area contributed by atoms with E-state index in [2.05, 4.69) is 10.1 Å². The Morgan fingerprint density at radius 2 is 1.72 bits per heavy atom. The van der Waals surface area contributed by atoms with E-state index in [9.17, 15) is 9.59 Å². The predicted octanol–water partition coefficient (Wildman–Crippen LogP) is 2.81. The Kier molecular flexibility index (Phi) is 6.46. The van der Waals surface area contributed by atoms with Gasteiger partial charge in [-0.2, -0.15) is 0 Å². The molecule has 0 bridgehead atoms. The van der Waals surface area contributed by atoms with Gasteiger partial charge in [0, 0.05) is 12.0 Å². The number of hydrogen-bond donors (Lipinski definition) is 1. The Bertz CT molecular complexity index is 297. The van der Waals surface area contributed by atoms with Gasteiger partial charge < -0.3 is 14.8 Å². The third-order valence-electron chi connectivity index (χ3n) is 2.01. The average Bonchev–Trinajstić information content (AvgIpc) is 2.11. The molecule has 0 aliphatic heterocycles. The minimum absolute atomic E-state index is 0.154. The fourth-order valence-electron chi connectivity index (χ4n) is 1.19. The van der Waals surface area contributed by atoms with Gasteiger partial charge >= 0.3 is 12.1 Å². The topological polar surface area (TPSA) is 64.6 Å². The molecule has 0 atom stereocenters. The van der Waals surface area contributed by atoms with Crippen LogP contribution in [0.25, 0.3) is 0 Å². The standard InChI is InChI=1S/C12H22ClNO4/c1-11(2,3)18-10(16)14-12(4,5)7-6-9(15)17-8-13/h6-8H2,1-5H3,(H,14,16). The van der Waals surface area contributed by atoms with Gasteiger partial charge in [0.25, 0.3) is 0 Å². The molecule has 1 N–H and O–H groups in total. The van der Waals surface area contributed by atoms with Gasteiger partial charge in [-0.1, -0.05) is 11.6 Å². The maximum absolute atomic E-state index is 11.6. The molecule has 0 saturated carbocycles. The number of rotatable bonds is 5. The molecule has 1 amide bonds. The van der Waals surface area contributed by atoms with Crippen LogP contribution >= 0.6 is 11.6 Å². The number of halogens is 1. The second-order valence-electron chi connectivity index (χ2n) is 5.64. The molecule has 0 spiro atoms. The molecule has 0 rings (SSSR count). The quantitative estimate of drug-likeness (QED) is 0.621. The summed E-state index contributed by atoms with van der Waals surface area (Å²) in [6.45, 7) is 8.99. The molecule has 0 radical (unpaired) electrons. The lowest BCUT2D eigenvalue weighted by Gasteiger charge is -2.28. The Morgan fingerprint density at radius 1 is 1.17 bits per heavy atom. The number of nitrogens with one attached hydrogen (secondary N) is 1. The summed E-state index contributed by atoms with van der Waals surface area (Å²) in [6.07, 6.45) is 0.135. The van der Waals surface area contributed by atoms with E-state index in [-0.39, 0.29) is 18.5 Å². The van der Waals surface area contributed by atoms with E-state index in [0.717, 1.165) is 0 Å². The first-order valence-corrected chi connectivity index (χ1v) is 6.32. The Hall–Kier alpha value is -0.970. The van der Waals surface area contributed by atoms with Crippen molar-refractivity contribution >= 4 is 23.7 Å². The Labute approximate surface area is 113 Å². The first-order chi connectivity index (χ1) is 8.06. The van der Waals surface area contributed by atoms with E-state index in [0.29, 0.717) is 6.42 Å². The van der Waals surface area contributed by atoms with Crippen molar-refractivity contribution in [2.75, 3.05) is 6.07 Å². The zero-order valence-electron chi connectivity index (χ0n) is 11.6. The molecule has 0 aliphatic carbocycles. The van der Waals surface area contributed by atoms with Crippen LogP contribution in [-0.2, 0) is 14.3 Å². The highest BCUT2D eigenvalue weighted by Crippen LogP contribution is 2.14. The van der Waals surface area contributed by atoms with Crippen molar-refractivity contribution in [1.82, 2.24) is 5.32 Å². The number of alkyl carbamates (subject to hydrolysis) is 1. The van der Waals surface area contributed by atoms with Gasteiger partial charge in [0.1, 0.15) is 5.60 Å². The second-order valence-corrected chi connectivity index (χ2v) is 5.85.